The second kappa shape index (κ2) is 7.41. The van der Waals surface area contributed by atoms with Gasteiger partial charge in [0.15, 0.2) is 0 Å². The monoisotopic (exact) mass is 282 g/mol. The summed E-state index contributed by atoms with van der Waals surface area (Å²) < 4.78 is 5.78. The number of hydrogen-bond acceptors (Lipinski definition) is 3. The molecule has 2 aliphatic rings. The SMILES string of the molecule is CCCC1NC(C(C)C)N(CCC2CCCCO2)C1=O. The van der Waals surface area contributed by atoms with E-state index >= 15 is 0 Å². The second-order valence-electron chi connectivity index (χ2n) is 6.51. The first-order chi connectivity index (χ1) is 9.63. The molecule has 4 nitrogen and oxygen atoms in total. The number of nitrogens with one attached hydrogen (secondary N) is 1. The molecule has 0 aliphatic carbocycles. The first-order valence-electron chi connectivity index (χ1n) is 8.31. The summed E-state index contributed by atoms with van der Waals surface area (Å²) in [6.07, 6.45) is 7.14. The van der Waals surface area contributed by atoms with Crippen molar-refractivity contribution >= 4 is 5.91 Å². The molecule has 0 aromatic carbocycles. The van der Waals surface area contributed by atoms with Gasteiger partial charge in [-0.25, -0.2) is 0 Å². The van der Waals surface area contributed by atoms with E-state index in [9.17, 15) is 4.79 Å². The molecule has 20 heavy (non-hydrogen) atoms. The molecule has 116 valence electrons. The molecule has 0 saturated carbocycles. The molecule has 3 unspecified atom stereocenters. The van der Waals surface area contributed by atoms with Crippen molar-refractivity contribution in [1.29, 1.82) is 0 Å². The van der Waals surface area contributed by atoms with Crippen molar-refractivity contribution in [1.82, 2.24) is 10.2 Å². The van der Waals surface area contributed by atoms with Crippen molar-refractivity contribution in [2.45, 2.75) is 77.6 Å². The van der Waals surface area contributed by atoms with Gasteiger partial charge in [0.25, 0.3) is 0 Å². The van der Waals surface area contributed by atoms with E-state index in [1.165, 1.54) is 12.8 Å². The number of nitrogens with zero attached hydrogens (tertiary/aromatic N) is 1. The predicted molar refractivity (Wildman–Crippen MR) is 80.4 cm³/mol. The van der Waals surface area contributed by atoms with Crippen LogP contribution in [-0.2, 0) is 9.53 Å². The summed E-state index contributed by atoms with van der Waals surface area (Å²) in [5.74, 6) is 0.745. The van der Waals surface area contributed by atoms with Crippen molar-refractivity contribution < 1.29 is 9.53 Å². The third-order valence-corrected chi connectivity index (χ3v) is 4.46. The largest absolute Gasteiger partial charge is 0.378 e. The van der Waals surface area contributed by atoms with Gasteiger partial charge in [-0.3, -0.25) is 10.1 Å². The van der Waals surface area contributed by atoms with Crippen LogP contribution in [0.15, 0.2) is 0 Å². The van der Waals surface area contributed by atoms with E-state index in [1.807, 2.05) is 0 Å². The van der Waals surface area contributed by atoms with Crippen molar-refractivity contribution in [2.24, 2.45) is 5.92 Å². The molecule has 2 aliphatic heterocycles. The van der Waals surface area contributed by atoms with Crippen LogP contribution in [0.1, 0.15) is 59.3 Å². The van der Waals surface area contributed by atoms with Gasteiger partial charge in [-0.1, -0.05) is 27.2 Å². The summed E-state index contributed by atoms with van der Waals surface area (Å²) in [6.45, 7) is 8.23. The first kappa shape index (κ1) is 15.8. The number of hydrogen-bond donors (Lipinski definition) is 1. The number of amides is 1. The standard InChI is InChI=1S/C16H30N2O2/c1-4-7-14-16(19)18(15(17-14)12(2)3)10-9-13-8-5-6-11-20-13/h12-15,17H,4-11H2,1-3H3. The highest BCUT2D eigenvalue weighted by Gasteiger charge is 2.39. The van der Waals surface area contributed by atoms with Crippen LogP contribution < -0.4 is 5.32 Å². The van der Waals surface area contributed by atoms with Gasteiger partial charge in [0, 0.05) is 13.2 Å². The normalized spacial score (nSPS) is 31.3. The van der Waals surface area contributed by atoms with Gasteiger partial charge in [0.1, 0.15) is 0 Å². The molecule has 4 heteroatoms. The van der Waals surface area contributed by atoms with Gasteiger partial charge in [0.05, 0.1) is 18.3 Å². The Hall–Kier alpha value is -0.610. The highest BCUT2D eigenvalue weighted by molar-refractivity contribution is 5.84. The number of carbonyl (C=O) groups is 1. The number of rotatable bonds is 6. The lowest BCUT2D eigenvalue weighted by atomic mass is 10.1. The molecular weight excluding hydrogens is 252 g/mol. The maximum absolute atomic E-state index is 12.5. The summed E-state index contributed by atoms with van der Waals surface area (Å²) in [4.78, 5) is 14.6. The molecule has 2 heterocycles. The quantitative estimate of drug-likeness (QED) is 0.814. The highest BCUT2D eigenvalue weighted by atomic mass is 16.5. The summed E-state index contributed by atoms with van der Waals surface area (Å²) >= 11 is 0. The molecular formula is C16H30N2O2. The fourth-order valence-corrected chi connectivity index (χ4v) is 3.32. The Bertz CT molecular complexity index is 314. The second-order valence-corrected chi connectivity index (χ2v) is 6.51. The van der Waals surface area contributed by atoms with Crippen LogP contribution in [-0.4, -0.2) is 42.3 Å². The number of carbonyl (C=O) groups excluding carboxylic acids is 1. The Balaban J connectivity index is 1.90. The predicted octanol–water partition coefficient (Wildman–Crippen LogP) is 2.53. The molecule has 1 N–H and O–H groups in total. The zero-order valence-electron chi connectivity index (χ0n) is 13.2. The molecule has 3 atom stereocenters. The zero-order valence-corrected chi connectivity index (χ0v) is 13.2. The van der Waals surface area contributed by atoms with Crippen molar-refractivity contribution in [3.8, 4) is 0 Å². The van der Waals surface area contributed by atoms with Crippen LogP contribution in [0.3, 0.4) is 0 Å². The van der Waals surface area contributed by atoms with Crippen LogP contribution in [0.25, 0.3) is 0 Å². The van der Waals surface area contributed by atoms with Gasteiger partial charge in [0.2, 0.25) is 5.91 Å². The van der Waals surface area contributed by atoms with Gasteiger partial charge in [-0.2, -0.15) is 0 Å². The molecule has 0 aromatic heterocycles. The lowest BCUT2D eigenvalue weighted by Crippen LogP contribution is -2.43. The maximum atomic E-state index is 12.5. The molecule has 0 aromatic rings. The Morgan fingerprint density at radius 1 is 1.35 bits per heavy atom. The van der Waals surface area contributed by atoms with Gasteiger partial charge in [-0.15, -0.1) is 0 Å². The van der Waals surface area contributed by atoms with Gasteiger partial charge < -0.3 is 9.64 Å². The van der Waals surface area contributed by atoms with Crippen molar-refractivity contribution in [3.05, 3.63) is 0 Å². The third kappa shape index (κ3) is 3.73. The average Bonchev–Trinajstić information content (AvgIpc) is 2.75. The van der Waals surface area contributed by atoms with E-state index in [0.29, 0.717) is 17.9 Å². The smallest absolute Gasteiger partial charge is 0.241 e. The van der Waals surface area contributed by atoms with Crippen LogP contribution in [0.2, 0.25) is 0 Å². The first-order valence-corrected chi connectivity index (χ1v) is 8.31. The molecule has 0 spiro atoms. The third-order valence-electron chi connectivity index (χ3n) is 4.46. The highest BCUT2D eigenvalue weighted by Crippen LogP contribution is 2.22. The minimum atomic E-state index is 0.0275. The summed E-state index contributed by atoms with van der Waals surface area (Å²) in [5.41, 5.74) is 0. The van der Waals surface area contributed by atoms with E-state index in [1.54, 1.807) is 0 Å². The Morgan fingerprint density at radius 2 is 2.15 bits per heavy atom. The summed E-state index contributed by atoms with van der Waals surface area (Å²) in [7, 11) is 0. The number of ether oxygens (including phenoxy) is 1. The molecule has 2 saturated heterocycles. The molecule has 0 bridgehead atoms. The minimum Gasteiger partial charge on any atom is -0.378 e. The van der Waals surface area contributed by atoms with Crippen LogP contribution in [0.5, 0.6) is 0 Å². The van der Waals surface area contributed by atoms with Crippen LogP contribution in [0.4, 0.5) is 0 Å². The Kier molecular flexibility index (Phi) is 5.85. The van der Waals surface area contributed by atoms with E-state index in [-0.39, 0.29) is 12.2 Å². The molecule has 0 radical (unpaired) electrons. The molecule has 2 fully saturated rings. The fraction of sp³-hybridized carbons (Fsp3) is 0.938. The van der Waals surface area contributed by atoms with E-state index in [0.717, 1.165) is 38.8 Å². The lowest BCUT2D eigenvalue weighted by Gasteiger charge is -2.30. The Labute approximate surface area is 123 Å². The van der Waals surface area contributed by atoms with Crippen molar-refractivity contribution in [2.75, 3.05) is 13.2 Å². The van der Waals surface area contributed by atoms with E-state index < -0.39 is 0 Å². The lowest BCUT2D eigenvalue weighted by molar-refractivity contribution is -0.131. The molecule has 1 amide bonds. The summed E-state index contributed by atoms with van der Waals surface area (Å²) in [5, 5.41) is 3.51. The molecule has 2 rings (SSSR count). The topological polar surface area (TPSA) is 41.6 Å². The van der Waals surface area contributed by atoms with Gasteiger partial charge in [-0.05, 0) is 38.0 Å². The Morgan fingerprint density at radius 3 is 2.75 bits per heavy atom. The van der Waals surface area contributed by atoms with Crippen molar-refractivity contribution in [3.63, 3.8) is 0 Å². The fourth-order valence-electron chi connectivity index (χ4n) is 3.32. The van der Waals surface area contributed by atoms with E-state index in [4.69, 9.17) is 4.74 Å². The van der Waals surface area contributed by atoms with Crippen LogP contribution in [0, 0.1) is 5.92 Å². The summed E-state index contributed by atoms with van der Waals surface area (Å²) in [6, 6.07) is 0.0275. The van der Waals surface area contributed by atoms with E-state index in [2.05, 4.69) is 31.0 Å². The average molecular weight is 282 g/mol. The maximum Gasteiger partial charge on any atom is 0.241 e. The minimum absolute atomic E-state index is 0.0275. The van der Waals surface area contributed by atoms with Gasteiger partial charge >= 0.3 is 0 Å². The zero-order chi connectivity index (χ0) is 14.5. The van der Waals surface area contributed by atoms with Crippen LogP contribution >= 0.6 is 0 Å².